The molecule has 2 aromatic rings. The minimum Gasteiger partial charge on any atom is -0.462 e. The maximum absolute atomic E-state index is 12.2. The van der Waals surface area contributed by atoms with Gasteiger partial charge in [0.2, 0.25) is 0 Å². The third kappa shape index (κ3) is 3.19. The van der Waals surface area contributed by atoms with Crippen LogP contribution in [0.15, 0.2) is 6.20 Å². The topological polar surface area (TPSA) is 89.3 Å². The molecule has 2 N–H and O–H groups in total. The van der Waals surface area contributed by atoms with Crippen molar-refractivity contribution in [2.24, 2.45) is 7.05 Å². The Hall–Kier alpha value is -2.15. The number of esters is 1. The number of carbonyl (C=O) groups excluding carboxylic acids is 1. The van der Waals surface area contributed by atoms with E-state index in [0.29, 0.717) is 16.9 Å². The van der Waals surface area contributed by atoms with Crippen molar-refractivity contribution < 1.29 is 14.6 Å². The number of ether oxygens (including phenoxy) is 1. The van der Waals surface area contributed by atoms with Crippen molar-refractivity contribution in [1.82, 2.24) is 14.8 Å². The largest absolute Gasteiger partial charge is 0.462 e. The number of fused-ring (bicyclic) bond motifs is 1. The van der Waals surface area contributed by atoms with Crippen LogP contribution in [-0.4, -0.2) is 44.6 Å². The van der Waals surface area contributed by atoms with Crippen LogP contribution in [0.25, 0.3) is 11.0 Å². The molecular formula is C15H22N4O3. The standard InChI is InChI=1S/C15H22N4O3/c1-6-22-14(20)10-7-16-13-11(9(2)18-19(13)5)12(10)17-8-15(3,4)21/h7,21H,6,8H2,1-5H3,(H,16,17). The summed E-state index contributed by atoms with van der Waals surface area (Å²) in [4.78, 5) is 16.5. The first kappa shape index (κ1) is 16.2. The number of aromatic nitrogens is 3. The van der Waals surface area contributed by atoms with E-state index in [4.69, 9.17) is 4.74 Å². The lowest BCUT2D eigenvalue weighted by atomic mass is 10.1. The van der Waals surface area contributed by atoms with E-state index in [-0.39, 0.29) is 13.2 Å². The van der Waals surface area contributed by atoms with Crippen LogP contribution >= 0.6 is 0 Å². The molecule has 120 valence electrons. The molecule has 0 unspecified atom stereocenters. The van der Waals surface area contributed by atoms with Crippen molar-refractivity contribution >= 4 is 22.7 Å². The van der Waals surface area contributed by atoms with Gasteiger partial charge < -0.3 is 15.2 Å². The monoisotopic (exact) mass is 306 g/mol. The normalized spacial score (nSPS) is 11.7. The van der Waals surface area contributed by atoms with Gasteiger partial charge in [-0.1, -0.05) is 0 Å². The molecule has 0 saturated heterocycles. The molecule has 0 saturated carbocycles. The first-order valence-corrected chi connectivity index (χ1v) is 7.20. The molecule has 0 radical (unpaired) electrons. The molecule has 7 nitrogen and oxygen atoms in total. The Kier molecular flexibility index (Phi) is 4.37. The maximum Gasteiger partial charge on any atom is 0.341 e. The Morgan fingerprint density at radius 3 is 2.77 bits per heavy atom. The number of pyridine rings is 1. The van der Waals surface area contributed by atoms with Crippen molar-refractivity contribution in [1.29, 1.82) is 0 Å². The molecule has 2 rings (SSSR count). The second-order valence-corrected chi connectivity index (χ2v) is 5.84. The van der Waals surface area contributed by atoms with Gasteiger partial charge in [-0.15, -0.1) is 0 Å². The molecule has 0 aliphatic carbocycles. The fourth-order valence-corrected chi connectivity index (χ4v) is 2.26. The zero-order valence-corrected chi connectivity index (χ0v) is 13.6. The number of anilines is 1. The molecule has 2 aromatic heterocycles. The van der Waals surface area contributed by atoms with Gasteiger partial charge in [0.15, 0.2) is 5.65 Å². The molecule has 0 bridgehead atoms. The van der Waals surface area contributed by atoms with Crippen LogP contribution in [0, 0.1) is 6.92 Å². The van der Waals surface area contributed by atoms with Crippen LogP contribution in [0.3, 0.4) is 0 Å². The fourth-order valence-electron chi connectivity index (χ4n) is 2.26. The summed E-state index contributed by atoms with van der Waals surface area (Å²) in [6, 6.07) is 0. The van der Waals surface area contributed by atoms with Gasteiger partial charge in [-0.25, -0.2) is 9.78 Å². The van der Waals surface area contributed by atoms with E-state index in [1.807, 2.05) is 6.92 Å². The van der Waals surface area contributed by atoms with Crippen molar-refractivity contribution in [2.75, 3.05) is 18.5 Å². The van der Waals surface area contributed by atoms with E-state index in [2.05, 4.69) is 15.4 Å². The van der Waals surface area contributed by atoms with Gasteiger partial charge >= 0.3 is 5.97 Å². The average Bonchev–Trinajstić information content (AvgIpc) is 2.71. The van der Waals surface area contributed by atoms with E-state index in [1.165, 1.54) is 6.20 Å². The second kappa shape index (κ2) is 5.92. The molecule has 7 heteroatoms. The molecule has 0 aliphatic heterocycles. The van der Waals surface area contributed by atoms with Gasteiger partial charge in [0.25, 0.3) is 0 Å². The molecule has 22 heavy (non-hydrogen) atoms. The quantitative estimate of drug-likeness (QED) is 0.816. The number of rotatable bonds is 5. The summed E-state index contributed by atoms with van der Waals surface area (Å²) >= 11 is 0. The summed E-state index contributed by atoms with van der Waals surface area (Å²) in [5, 5.41) is 18.2. The molecule has 2 heterocycles. The first-order chi connectivity index (χ1) is 10.2. The lowest BCUT2D eigenvalue weighted by Crippen LogP contribution is -2.30. The Morgan fingerprint density at radius 1 is 1.50 bits per heavy atom. The number of carbonyl (C=O) groups is 1. The lowest BCUT2D eigenvalue weighted by molar-refractivity contribution is 0.0526. The van der Waals surface area contributed by atoms with Gasteiger partial charge in [-0.05, 0) is 27.7 Å². The maximum atomic E-state index is 12.2. The highest BCUT2D eigenvalue weighted by molar-refractivity contribution is 6.05. The molecule has 0 aliphatic rings. The summed E-state index contributed by atoms with van der Waals surface area (Å²) < 4.78 is 6.75. The molecular weight excluding hydrogens is 284 g/mol. The van der Waals surface area contributed by atoms with Crippen molar-refractivity contribution in [3.63, 3.8) is 0 Å². The summed E-state index contributed by atoms with van der Waals surface area (Å²) in [5.74, 6) is -0.446. The highest BCUT2D eigenvalue weighted by Crippen LogP contribution is 2.29. The van der Waals surface area contributed by atoms with Crippen molar-refractivity contribution in [3.05, 3.63) is 17.5 Å². The molecule has 0 aromatic carbocycles. The van der Waals surface area contributed by atoms with Crippen LogP contribution in [0.5, 0.6) is 0 Å². The van der Waals surface area contributed by atoms with Gasteiger partial charge in [-0.2, -0.15) is 5.10 Å². The lowest BCUT2D eigenvalue weighted by Gasteiger charge is -2.20. The highest BCUT2D eigenvalue weighted by Gasteiger charge is 2.22. The van der Waals surface area contributed by atoms with Gasteiger partial charge in [0, 0.05) is 19.8 Å². The van der Waals surface area contributed by atoms with Gasteiger partial charge in [-0.3, -0.25) is 4.68 Å². The Labute approximate surface area is 129 Å². The summed E-state index contributed by atoms with van der Waals surface area (Å²) in [6.07, 6.45) is 1.48. The zero-order valence-electron chi connectivity index (χ0n) is 13.6. The minimum atomic E-state index is -0.919. The number of nitrogens with one attached hydrogen (secondary N) is 1. The van der Waals surface area contributed by atoms with Gasteiger partial charge in [0.1, 0.15) is 5.56 Å². The second-order valence-electron chi connectivity index (χ2n) is 5.84. The van der Waals surface area contributed by atoms with E-state index in [0.717, 1.165) is 11.1 Å². The fraction of sp³-hybridized carbons (Fsp3) is 0.533. The number of aryl methyl sites for hydroxylation is 2. The van der Waals surface area contributed by atoms with Crippen LogP contribution in [0.4, 0.5) is 5.69 Å². The molecule has 0 amide bonds. The van der Waals surface area contributed by atoms with Crippen LogP contribution in [-0.2, 0) is 11.8 Å². The predicted molar refractivity (Wildman–Crippen MR) is 84.0 cm³/mol. The number of aliphatic hydroxyl groups is 1. The third-order valence-corrected chi connectivity index (χ3v) is 3.22. The van der Waals surface area contributed by atoms with E-state index < -0.39 is 11.6 Å². The van der Waals surface area contributed by atoms with Gasteiger partial charge in [0.05, 0.1) is 29.0 Å². The predicted octanol–water partition coefficient (Wildman–Crippen LogP) is 1.64. The van der Waals surface area contributed by atoms with E-state index in [9.17, 15) is 9.90 Å². The Balaban J connectivity index is 2.58. The van der Waals surface area contributed by atoms with E-state index >= 15 is 0 Å². The van der Waals surface area contributed by atoms with Crippen LogP contribution in [0.1, 0.15) is 36.8 Å². The molecule has 0 atom stereocenters. The molecule has 0 fully saturated rings. The third-order valence-electron chi connectivity index (χ3n) is 3.22. The van der Waals surface area contributed by atoms with Crippen LogP contribution < -0.4 is 5.32 Å². The number of hydrogen-bond donors (Lipinski definition) is 2. The Bertz CT molecular complexity index is 701. The Morgan fingerprint density at radius 2 is 2.18 bits per heavy atom. The van der Waals surface area contributed by atoms with Crippen molar-refractivity contribution in [3.8, 4) is 0 Å². The summed E-state index contributed by atoms with van der Waals surface area (Å²) in [5.41, 5.74) is 1.45. The average molecular weight is 306 g/mol. The van der Waals surface area contributed by atoms with Crippen molar-refractivity contribution in [2.45, 2.75) is 33.3 Å². The smallest absolute Gasteiger partial charge is 0.341 e. The van der Waals surface area contributed by atoms with Crippen LogP contribution in [0.2, 0.25) is 0 Å². The molecule has 0 spiro atoms. The highest BCUT2D eigenvalue weighted by atomic mass is 16.5. The van der Waals surface area contributed by atoms with E-state index in [1.54, 1.807) is 32.5 Å². The first-order valence-electron chi connectivity index (χ1n) is 7.20. The SMILES string of the molecule is CCOC(=O)c1cnc2c(c(C)nn2C)c1NCC(C)(C)O. The number of nitrogens with zero attached hydrogens (tertiary/aromatic N) is 3. The summed E-state index contributed by atoms with van der Waals surface area (Å²) in [6.45, 7) is 7.56. The number of hydrogen-bond acceptors (Lipinski definition) is 6. The zero-order chi connectivity index (χ0) is 16.5. The minimum absolute atomic E-state index is 0.285. The summed E-state index contributed by atoms with van der Waals surface area (Å²) in [7, 11) is 1.80.